The minimum atomic E-state index is 0.309. The van der Waals surface area contributed by atoms with Gasteiger partial charge in [0.15, 0.2) is 0 Å². The molecule has 0 radical (unpaired) electrons. The molecule has 0 aromatic carbocycles. The Morgan fingerprint density at radius 3 is 2.15 bits per heavy atom. The summed E-state index contributed by atoms with van der Waals surface area (Å²) in [4.78, 5) is 0. The zero-order valence-corrected chi connectivity index (χ0v) is 9.01. The average molecular weight is 182 g/mol. The Morgan fingerprint density at radius 2 is 1.77 bits per heavy atom. The molecule has 13 heavy (non-hydrogen) atoms. The zero-order valence-electron chi connectivity index (χ0n) is 9.01. The van der Waals surface area contributed by atoms with E-state index in [0.717, 1.165) is 17.8 Å². The maximum absolute atomic E-state index is 5.65. The van der Waals surface area contributed by atoms with Crippen molar-refractivity contribution >= 4 is 0 Å². The summed E-state index contributed by atoms with van der Waals surface area (Å²) in [5.74, 6) is 8.53. The largest absolute Gasteiger partial charge is 0.271 e. The van der Waals surface area contributed by atoms with Gasteiger partial charge in [0.1, 0.15) is 0 Å². The van der Waals surface area contributed by atoms with E-state index in [4.69, 9.17) is 5.84 Å². The quantitative estimate of drug-likeness (QED) is 0.506. The molecule has 2 aliphatic carbocycles. The van der Waals surface area contributed by atoms with Crippen molar-refractivity contribution in [3.63, 3.8) is 0 Å². The Bertz CT molecular complexity index is 185. The van der Waals surface area contributed by atoms with Crippen LogP contribution in [0.25, 0.3) is 0 Å². The van der Waals surface area contributed by atoms with E-state index >= 15 is 0 Å². The summed E-state index contributed by atoms with van der Waals surface area (Å²) in [7, 11) is 0. The lowest BCUT2D eigenvalue weighted by Gasteiger charge is -2.31. The summed E-state index contributed by atoms with van der Waals surface area (Å²) in [6, 6.07) is 0.516. The van der Waals surface area contributed by atoms with Crippen LogP contribution in [-0.2, 0) is 0 Å². The predicted octanol–water partition coefficient (Wildman–Crippen LogP) is 1.91. The van der Waals surface area contributed by atoms with E-state index in [1.807, 2.05) is 0 Å². The molecule has 2 fully saturated rings. The van der Waals surface area contributed by atoms with Gasteiger partial charge in [0.2, 0.25) is 0 Å². The van der Waals surface area contributed by atoms with Crippen LogP contribution in [0.5, 0.6) is 0 Å². The molecule has 0 aromatic heterocycles. The first-order chi connectivity index (χ1) is 6.05. The lowest BCUT2D eigenvalue weighted by Crippen LogP contribution is -2.46. The third-order valence-electron chi connectivity index (χ3n) is 3.97. The molecule has 2 heteroatoms. The minimum Gasteiger partial charge on any atom is -0.271 e. The summed E-state index contributed by atoms with van der Waals surface area (Å²) in [5, 5.41) is 0. The lowest BCUT2D eigenvalue weighted by molar-refractivity contribution is 0.223. The smallest absolute Gasteiger partial charge is 0.0292 e. The molecule has 3 unspecified atom stereocenters. The van der Waals surface area contributed by atoms with Gasteiger partial charge in [-0.1, -0.05) is 27.2 Å². The van der Waals surface area contributed by atoms with Gasteiger partial charge in [-0.15, -0.1) is 0 Å². The fraction of sp³-hybridized carbons (Fsp3) is 1.00. The van der Waals surface area contributed by atoms with Crippen molar-refractivity contribution in [2.75, 3.05) is 0 Å². The Labute approximate surface area is 81.2 Å². The van der Waals surface area contributed by atoms with Crippen LogP contribution in [0.1, 0.15) is 40.0 Å². The van der Waals surface area contributed by atoms with Gasteiger partial charge in [0.05, 0.1) is 0 Å². The fourth-order valence-corrected chi connectivity index (χ4v) is 3.31. The molecule has 3 atom stereocenters. The van der Waals surface area contributed by atoms with Crippen LogP contribution < -0.4 is 11.3 Å². The SMILES string of the molecule is CC(C)(C)C(NN)C1C2CCCC21. The Morgan fingerprint density at radius 1 is 1.23 bits per heavy atom. The van der Waals surface area contributed by atoms with E-state index in [9.17, 15) is 0 Å². The van der Waals surface area contributed by atoms with Gasteiger partial charge >= 0.3 is 0 Å². The first kappa shape index (κ1) is 9.47. The molecule has 0 aliphatic heterocycles. The molecule has 2 saturated carbocycles. The van der Waals surface area contributed by atoms with Gasteiger partial charge in [-0.05, 0) is 36.0 Å². The first-order valence-electron chi connectivity index (χ1n) is 5.52. The molecule has 0 aromatic rings. The monoisotopic (exact) mass is 182 g/mol. The van der Waals surface area contributed by atoms with Crippen LogP contribution in [0.15, 0.2) is 0 Å². The fourth-order valence-electron chi connectivity index (χ4n) is 3.31. The van der Waals surface area contributed by atoms with Crippen LogP contribution in [-0.4, -0.2) is 6.04 Å². The standard InChI is InChI=1S/C11H22N2/c1-11(2,3)10(13-12)9-7-5-4-6-8(7)9/h7-10,13H,4-6,12H2,1-3H3. The van der Waals surface area contributed by atoms with Crippen molar-refractivity contribution < 1.29 is 0 Å². The van der Waals surface area contributed by atoms with E-state index in [0.29, 0.717) is 11.5 Å². The second kappa shape index (κ2) is 2.96. The third-order valence-corrected chi connectivity index (χ3v) is 3.97. The summed E-state index contributed by atoms with van der Waals surface area (Å²) in [6.45, 7) is 6.85. The molecule has 3 N–H and O–H groups in total. The van der Waals surface area contributed by atoms with Crippen molar-refractivity contribution in [1.29, 1.82) is 0 Å². The predicted molar refractivity (Wildman–Crippen MR) is 54.9 cm³/mol. The Balaban J connectivity index is 2.00. The van der Waals surface area contributed by atoms with Crippen LogP contribution in [0.2, 0.25) is 0 Å². The van der Waals surface area contributed by atoms with Crippen LogP contribution in [0, 0.1) is 23.2 Å². The van der Waals surface area contributed by atoms with Gasteiger partial charge in [0, 0.05) is 6.04 Å². The lowest BCUT2D eigenvalue weighted by atomic mass is 9.82. The molecular formula is C11H22N2. The summed E-state index contributed by atoms with van der Waals surface area (Å²) in [5.41, 5.74) is 3.34. The highest BCUT2D eigenvalue weighted by molar-refractivity contribution is 5.08. The van der Waals surface area contributed by atoms with Gasteiger partial charge in [-0.2, -0.15) is 0 Å². The topological polar surface area (TPSA) is 38.0 Å². The second-order valence-corrected chi connectivity index (χ2v) is 5.85. The van der Waals surface area contributed by atoms with E-state index in [1.54, 1.807) is 0 Å². The maximum atomic E-state index is 5.65. The van der Waals surface area contributed by atoms with Crippen molar-refractivity contribution in [2.24, 2.45) is 29.0 Å². The zero-order chi connectivity index (χ0) is 9.64. The van der Waals surface area contributed by atoms with Crippen molar-refractivity contribution in [2.45, 2.75) is 46.1 Å². The molecule has 0 bridgehead atoms. The number of fused-ring (bicyclic) bond motifs is 1. The van der Waals surface area contributed by atoms with Gasteiger partial charge in [-0.25, -0.2) is 0 Å². The molecular weight excluding hydrogens is 160 g/mol. The summed E-state index contributed by atoms with van der Waals surface area (Å²) < 4.78 is 0. The highest BCUT2D eigenvalue weighted by atomic mass is 15.2. The first-order valence-corrected chi connectivity index (χ1v) is 5.52. The van der Waals surface area contributed by atoms with Crippen LogP contribution in [0.3, 0.4) is 0 Å². The number of rotatable bonds is 2. The number of nitrogens with one attached hydrogen (secondary N) is 1. The average Bonchev–Trinajstić information content (AvgIpc) is 2.52. The van der Waals surface area contributed by atoms with Crippen LogP contribution in [0.4, 0.5) is 0 Å². The molecule has 76 valence electrons. The third kappa shape index (κ3) is 1.50. The molecule has 0 spiro atoms. The molecule has 0 saturated heterocycles. The Kier molecular flexibility index (Phi) is 2.16. The molecule has 2 rings (SSSR count). The number of hydrogen-bond donors (Lipinski definition) is 2. The van der Waals surface area contributed by atoms with E-state index in [2.05, 4.69) is 26.2 Å². The van der Waals surface area contributed by atoms with Crippen molar-refractivity contribution in [3.05, 3.63) is 0 Å². The normalized spacial score (nSPS) is 40.2. The van der Waals surface area contributed by atoms with Crippen molar-refractivity contribution in [3.8, 4) is 0 Å². The van der Waals surface area contributed by atoms with Crippen LogP contribution >= 0.6 is 0 Å². The number of nitrogens with two attached hydrogens (primary N) is 1. The van der Waals surface area contributed by atoms with E-state index < -0.39 is 0 Å². The minimum absolute atomic E-state index is 0.309. The number of hydrazine groups is 1. The van der Waals surface area contributed by atoms with E-state index in [-0.39, 0.29) is 0 Å². The molecule has 0 heterocycles. The highest BCUT2D eigenvalue weighted by Gasteiger charge is 2.57. The molecule has 2 nitrogen and oxygen atoms in total. The van der Waals surface area contributed by atoms with Gasteiger partial charge in [0.25, 0.3) is 0 Å². The van der Waals surface area contributed by atoms with E-state index in [1.165, 1.54) is 19.3 Å². The summed E-state index contributed by atoms with van der Waals surface area (Å²) in [6.07, 6.45) is 4.35. The number of hydrogen-bond acceptors (Lipinski definition) is 2. The van der Waals surface area contributed by atoms with Gasteiger partial charge in [-0.3, -0.25) is 11.3 Å². The maximum Gasteiger partial charge on any atom is 0.0292 e. The highest BCUT2D eigenvalue weighted by Crippen LogP contribution is 2.60. The molecule has 2 aliphatic rings. The van der Waals surface area contributed by atoms with Gasteiger partial charge < -0.3 is 0 Å². The summed E-state index contributed by atoms with van der Waals surface area (Å²) >= 11 is 0. The Hall–Kier alpha value is -0.0800. The van der Waals surface area contributed by atoms with Crippen molar-refractivity contribution in [1.82, 2.24) is 5.43 Å². The molecule has 0 amide bonds. The second-order valence-electron chi connectivity index (χ2n) is 5.85.